The van der Waals surface area contributed by atoms with Crippen molar-refractivity contribution in [2.45, 2.75) is 104 Å². The molecule has 6 heteroatoms. The highest BCUT2D eigenvalue weighted by Crippen LogP contribution is 2.54. The Bertz CT molecular complexity index is 987. The van der Waals surface area contributed by atoms with Crippen molar-refractivity contribution in [1.82, 2.24) is 10.2 Å². The molecule has 1 heterocycles. The largest absolute Gasteiger partial charge is 0.468 e. The van der Waals surface area contributed by atoms with Crippen molar-refractivity contribution in [3.05, 3.63) is 47.7 Å². The Labute approximate surface area is 235 Å². The number of nitrogens with one attached hydrogen (secondary N) is 1. The van der Waals surface area contributed by atoms with Crippen molar-refractivity contribution in [2.75, 3.05) is 20.2 Å². The molecule has 216 valence electrons. The number of allylic oxidation sites excluding steroid dienone is 1. The van der Waals surface area contributed by atoms with Crippen molar-refractivity contribution in [3.63, 3.8) is 0 Å². The van der Waals surface area contributed by atoms with Gasteiger partial charge in [0.2, 0.25) is 11.8 Å². The van der Waals surface area contributed by atoms with Gasteiger partial charge in [0.15, 0.2) is 0 Å². The zero-order valence-corrected chi connectivity index (χ0v) is 24.7. The molecular weight excluding hydrogens is 488 g/mol. The number of rotatable bonds is 15. The molecule has 0 aromatic heterocycles. The highest BCUT2D eigenvalue weighted by atomic mass is 16.5. The Balaban J connectivity index is 1.66. The fourth-order valence-corrected chi connectivity index (χ4v) is 6.46. The molecule has 0 radical (unpaired) electrons. The van der Waals surface area contributed by atoms with E-state index in [1.165, 1.54) is 31.9 Å². The number of aryl methyl sites for hydroxylation is 1. The molecule has 39 heavy (non-hydrogen) atoms. The first-order valence-electron chi connectivity index (χ1n) is 15.1. The predicted molar refractivity (Wildman–Crippen MR) is 156 cm³/mol. The van der Waals surface area contributed by atoms with Gasteiger partial charge < -0.3 is 15.0 Å². The Morgan fingerprint density at radius 1 is 1.03 bits per heavy atom. The number of carbonyl (C=O) groups is 3. The number of likely N-dealkylation sites (tertiary alicyclic amines) is 1. The Morgan fingerprint density at radius 2 is 1.74 bits per heavy atom. The van der Waals surface area contributed by atoms with Crippen LogP contribution in [0.15, 0.2) is 42.1 Å². The smallest absolute Gasteiger partial charge is 0.317 e. The summed E-state index contributed by atoms with van der Waals surface area (Å²) in [6, 6.07) is 10.3. The molecule has 0 saturated carbocycles. The van der Waals surface area contributed by atoms with E-state index in [0.29, 0.717) is 25.9 Å². The molecule has 0 bridgehead atoms. The highest BCUT2D eigenvalue weighted by molar-refractivity contribution is 5.92. The molecule has 1 aromatic rings. The third-order valence-corrected chi connectivity index (χ3v) is 8.42. The van der Waals surface area contributed by atoms with Crippen LogP contribution in [-0.4, -0.2) is 42.9 Å². The molecule has 1 aliphatic heterocycles. The van der Waals surface area contributed by atoms with E-state index in [0.717, 1.165) is 50.6 Å². The van der Waals surface area contributed by atoms with Gasteiger partial charge in [-0.15, -0.1) is 0 Å². The molecule has 2 amide bonds. The molecule has 0 spiro atoms. The maximum atomic E-state index is 13.8. The third kappa shape index (κ3) is 8.43. The number of carbonyl (C=O) groups excluding carboxylic acids is 3. The number of nitrogens with zero attached hydrogens (tertiary/aromatic N) is 1. The first-order valence-corrected chi connectivity index (χ1v) is 15.1. The lowest BCUT2D eigenvalue weighted by Crippen LogP contribution is -2.56. The molecule has 1 saturated heterocycles. The SMILES string of the molecule is CCCCCCCCN1C(=O)[C@H](CC(=O)NCCCCc2ccccc2)C[C@@]2(C(=O)OC)CC(C)(C)CC=C12. The predicted octanol–water partition coefficient (Wildman–Crippen LogP) is 6.59. The number of amides is 2. The van der Waals surface area contributed by atoms with Gasteiger partial charge in [-0.1, -0.05) is 89.3 Å². The van der Waals surface area contributed by atoms with E-state index in [4.69, 9.17) is 4.74 Å². The molecule has 2 aliphatic rings. The second kappa shape index (κ2) is 14.7. The van der Waals surface area contributed by atoms with Gasteiger partial charge in [-0.3, -0.25) is 14.4 Å². The summed E-state index contributed by atoms with van der Waals surface area (Å²) in [5, 5.41) is 3.03. The van der Waals surface area contributed by atoms with E-state index in [1.807, 2.05) is 23.1 Å². The monoisotopic (exact) mass is 538 g/mol. The maximum Gasteiger partial charge on any atom is 0.317 e. The minimum Gasteiger partial charge on any atom is -0.468 e. The molecule has 0 unspecified atom stereocenters. The van der Waals surface area contributed by atoms with Gasteiger partial charge in [-0.25, -0.2) is 0 Å². The average molecular weight is 539 g/mol. The minimum absolute atomic E-state index is 0.0201. The quantitative estimate of drug-likeness (QED) is 0.202. The van der Waals surface area contributed by atoms with Crippen molar-refractivity contribution >= 4 is 17.8 Å². The van der Waals surface area contributed by atoms with Gasteiger partial charge in [0.05, 0.1) is 7.11 Å². The molecule has 2 atom stereocenters. The number of unbranched alkanes of at least 4 members (excludes halogenated alkanes) is 6. The number of esters is 1. The van der Waals surface area contributed by atoms with E-state index < -0.39 is 11.3 Å². The summed E-state index contributed by atoms with van der Waals surface area (Å²) >= 11 is 0. The van der Waals surface area contributed by atoms with Crippen LogP contribution >= 0.6 is 0 Å². The highest BCUT2D eigenvalue weighted by Gasteiger charge is 2.57. The summed E-state index contributed by atoms with van der Waals surface area (Å²) in [4.78, 5) is 42.0. The lowest BCUT2D eigenvalue weighted by atomic mass is 9.59. The maximum absolute atomic E-state index is 13.8. The number of ether oxygens (including phenoxy) is 1. The normalized spacial score (nSPS) is 22.2. The standard InChI is InChI=1S/C33H50N2O4/c1-5-6-7-8-9-15-22-35-28-19-20-32(2,3)25-33(28,31(38)39-4)24-27(30(35)37)23-29(36)34-21-14-13-18-26-16-11-10-12-17-26/h10-12,16-17,19,27H,5-9,13-15,18,20-25H2,1-4H3,(H,34,36)/t27-,33-/m1/s1. The first kappa shape index (κ1) is 30.9. The molecule has 1 N–H and O–H groups in total. The van der Waals surface area contributed by atoms with Gasteiger partial charge in [0, 0.05) is 31.1 Å². The van der Waals surface area contributed by atoms with Crippen LogP contribution in [0, 0.1) is 16.7 Å². The summed E-state index contributed by atoms with van der Waals surface area (Å²) in [6.45, 7) is 7.71. The topological polar surface area (TPSA) is 75.7 Å². The van der Waals surface area contributed by atoms with Gasteiger partial charge in [0.25, 0.3) is 0 Å². The first-order chi connectivity index (χ1) is 18.7. The number of methoxy groups -OCH3 is 1. The summed E-state index contributed by atoms with van der Waals surface area (Å²) in [7, 11) is 1.43. The van der Waals surface area contributed by atoms with Crippen LogP contribution < -0.4 is 5.32 Å². The summed E-state index contributed by atoms with van der Waals surface area (Å²) in [5.74, 6) is -0.948. The van der Waals surface area contributed by atoms with E-state index in [2.05, 4.69) is 44.3 Å². The van der Waals surface area contributed by atoms with Crippen molar-refractivity contribution in [1.29, 1.82) is 0 Å². The summed E-state index contributed by atoms with van der Waals surface area (Å²) < 4.78 is 5.36. The number of benzene rings is 1. The molecule has 1 aromatic carbocycles. The number of hydrogen-bond acceptors (Lipinski definition) is 4. The lowest BCUT2D eigenvalue weighted by Gasteiger charge is -2.51. The van der Waals surface area contributed by atoms with E-state index in [-0.39, 0.29) is 29.6 Å². The summed E-state index contributed by atoms with van der Waals surface area (Å²) in [5.41, 5.74) is 1.14. The second-order valence-corrected chi connectivity index (χ2v) is 12.4. The van der Waals surface area contributed by atoms with Crippen LogP contribution in [0.5, 0.6) is 0 Å². The molecule has 1 aliphatic carbocycles. The number of fused-ring (bicyclic) bond motifs is 1. The minimum atomic E-state index is -0.882. The Kier molecular flexibility index (Phi) is 11.6. The molecule has 6 nitrogen and oxygen atoms in total. The van der Waals surface area contributed by atoms with Crippen molar-refractivity contribution < 1.29 is 19.1 Å². The Morgan fingerprint density at radius 3 is 2.46 bits per heavy atom. The van der Waals surface area contributed by atoms with Crippen LogP contribution in [-0.2, 0) is 25.5 Å². The Hall–Kier alpha value is -2.63. The van der Waals surface area contributed by atoms with Crippen LogP contribution in [0.1, 0.15) is 103 Å². The zero-order valence-electron chi connectivity index (χ0n) is 24.7. The number of hydrogen-bond donors (Lipinski definition) is 1. The fraction of sp³-hybridized carbons (Fsp3) is 0.667. The van der Waals surface area contributed by atoms with Gasteiger partial charge in [-0.2, -0.15) is 0 Å². The lowest BCUT2D eigenvalue weighted by molar-refractivity contribution is -0.162. The van der Waals surface area contributed by atoms with E-state index in [1.54, 1.807) is 0 Å². The molecule has 1 fully saturated rings. The van der Waals surface area contributed by atoms with Gasteiger partial charge >= 0.3 is 5.97 Å². The second-order valence-electron chi connectivity index (χ2n) is 12.4. The van der Waals surface area contributed by atoms with Crippen molar-refractivity contribution in [3.8, 4) is 0 Å². The van der Waals surface area contributed by atoms with Gasteiger partial charge in [-0.05, 0) is 55.9 Å². The fourth-order valence-electron chi connectivity index (χ4n) is 6.46. The average Bonchev–Trinajstić information content (AvgIpc) is 2.91. The number of piperidine rings is 1. The molecule has 3 rings (SSSR count). The van der Waals surface area contributed by atoms with Crippen LogP contribution in [0.4, 0.5) is 0 Å². The van der Waals surface area contributed by atoms with Crippen molar-refractivity contribution in [2.24, 2.45) is 16.7 Å². The van der Waals surface area contributed by atoms with E-state index >= 15 is 0 Å². The zero-order chi connectivity index (χ0) is 28.3. The third-order valence-electron chi connectivity index (χ3n) is 8.42. The van der Waals surface area contributed by atoms with Crippen LogP contribution in [0.2, 0.25) is 0 Å². The van der Waals surface area contributed by atoms with Crippen LogP contribution in [0.3, 0.4) is 0 Å². The van der Waals surface area contributed by atoms with E-state index in [9.17, 15) is 14.4 Å². The molecular formula is C33H50N2O4. The van der Waals surface area contributed by atoms with Crippen LogP contribution in [0.25, 0.3) is 0 Å². The summed E-state index contributed by atoms with van der Waals surface area (Å²) in [6.07, 6.45) is 13.6. The van der Waals surface area contributed by atoms with Gasteiger partial charge in [0.1, 0.15) is 5.41 Å².